The van der Waals surface area contributed by atoms with E-state index in [-0.39, 0.29) is 17.4 Å². The number of fused-ring (bicyclic) bond motifs is 1. The smallest absolute Gasteiger partial charge is 0.410 e. The van der Waals surface area contributed by atoms with Gasteiger partial charge in [-0.1, -0.05) is 0 Å². The number of hydrogen-bond acceptors (Lipinski definition) is 8. The van der Waals surface area contributed by atoms with Crippen LogP contribution in [-0.4, -0.2) is 78.0 Å². The summed E-state index contributed by atoms with van der Waals surface area (Å²) in [5.41, 5.74) is 0.0453. The average molecular weight is 438 g/mol. The molecule has 0 N–H and O–H groups in total. The van der Waals surface area contributed by atoms with Gasteiger partial charge < -0.3 is 24.0 Å². The van der Waals surface area contributed by atoms with Crippen molar-refractivity contribution in [3.63, 3.8) is 0 Å². The Kier molecular flexibility index (Phi) is 6.82. The molecular weight excluding hydrogens is 410 g/mol. The zero-order valence-electron chi connectivity index (χ0n) is 18.0. The van der Waals surface area contributed by atoms with Crippen molar-refractivity contribution in [3.05, 3.63) is 17.7 Å². The molecule has 30 heavy (non-hydrogen) atoms. The average Bonchev–Trinajstić information content (AvgIpc) is 2.69. The van der Waals surface area contributed by atoms with Crippen molar-refractivity contribution in [1.29, 1.82) is 0 Å². The number of halogens is 1. The second kappa shape index (κ2) is 9.18. The van der Waals surface area contributed by atoms with Gasteiger partial charge in [0.2, 0.25) is 5.28 Å². The molecule has 0 aromatic carbocycles. The molecule has 0 spiro atoms. The van der Waals surface area contributed by atoms with Crippen molar-refractivity contribution in [1.82, 2.24) is 19.9 Å². The van der Waals surface area contributed by atoms with Gasteiger partial charge in [0.15, 0.2) is 0 Å². The maximum Gasteiger partial charge on any atom is 0.410 e. The van der Waals surface area contributed by atoms with E-state index in [0.29, 0.717) is 49.7 Å². The van der Waals surface area contributed by atoms with Crippen molar-refractivity contribution < 1.29 is 19.0 Å². The van der Waals surface area contributed by atoms with Crippen LogP contribution in [0.5, 0.6) is 5.75 Å². The number of rotatable bonds is 5. The lowest BCUT2D eigenvalue weighted by Crippen LogP contribution is -2.56. The van der Waals surface area contributed by atoms with Crippen LogP contribution in [0.3, 0.4) is 0 Å². The summed E-state index contributed by atoms with van der Waals surface area (Å²) < 4.78 is 16.4. The van der Waals surface area contributed by atoms with Gasteiger partial charge in [-0.15, -0.1) is 0 Å². The molecule has 0 bridgehead atoms. The second-order valence-corrected chi connectivity index (χ2v) is 8.45. The first-order valence-corrected chi connectivity index (χ1v) is 10.2. The van der Waals surface area contributed by atoms with E-state index in [0.717, 1.165) is 5.39 Å². The monoisotopic (exact) mass is 437 g/mol. The molecule has 1 atom stereocenters. The molecular formula is C20H28ClN5O4. The normalized spacial score (nSPS) is 17.3. The Morgan fingerprint density at radius 2 is 2.00 bits per heavy atom. The van der Waals surface area contributed by atoms with Crippen LogP contribution in [0.1, 0.15) is 27.2 Å². The van der Waals surface area contributed by atoms with Crippen LogP contribution in [0.25, 0.3) is 10.9 Å². The van der Waals surface area contributed by atoms with E-state index >= 15 is 0 Å². The largest absolute Gasteiger partial charge is 0.494 e. The molecule has 3 rings (SSSR count). The number of amides is 1. The number of aromatic nitrogens is 3. The summed E-state index contributed by atoms with van der Waals surface area (Å²) in [6.45, 7) is 7.71. The van der Waals surface area contributed by atoms with Gasteiger partial charge >= 0.3 is 6.09 Å². The van der Waals surface area contributed by atoms with Gasteiger partial charge in [-0.2, -0.15) is 4.98 Å². The Morgan fingerprint density at radius 3 is 2.67 bits per heavy atom. The highest BCUT2D eigenvalue weighted by Gasteiger charge is 2.34. The highest BCUT2D eigenvalue weighted by molar-refractivity contribution is 6.29. The Bertz CT molecular complexity index is 905. The van der Waals surface area contributed by atoms with Crippen LogP contribution >= 0.6 is 11.6 Å². The summed E-state index contributed by atoms with van der Waals surface area (Å²) in [4.78, 5) is 29.5. The fraction of sp³-hybridized carbons (Fsp3) is 0.600. The number of piperazine rings is 1. The third kappa shape index (κ3) is 5.02. The van der Waals surface area contributed by atoms with Crippen LogP contribution in [-0.2, 0) is 9.47 Å². The molecule has 1 fully saturated rings. The molecule has 9 nitrogen and oxygen atoms in total. The predicted octanol–water partition coefficient (Wildman–Crippen LogP) is 3.15. The van der Waals surface area contributed by atoms with E-state index in [2.05, 4.69) is 19.9 Å². The minimum atomic E-state index is -0.559. The number of anilines is 1. The second-order valence-electron chi connectivity index (χ2n) is 8.11. The lowest BCUT2D eigenvalue weighted by molar-refractivity contribution is 0.0106. The van der Waals surface area contributed by atoms with Gasteiger partial charge in [-0.3, -0.25) is 4.98 Å². The molecule has 10 heteroatoms. The number of ether oxygens (including phenoxy) is 3. The quantitative estimate of drug-likeness (QED) is 0.659. The Balaban J connectivity index is 1.93. The van der Waals surface area contributed by atoms with Gasteiger partial charge in [0.25, 0.3) is 0 Å². The number of pyridine rings is 1. The molecule has 0 aliphatic carbocycles. The SMILES string of the molecule is COCC[C@H]1CN(c2nc(Cl)nc3cncc(OC)c23)CCN1C(=O)OC(C)(C)C. The van der Waals surface area contributed by atoms with Gasteiger partial charge in [0.1, 0.15) is 17.2 Å². The molecule has 1 aliphatic rings. The van der Waals surface area contributed by atoms with Gasteiger partial charge in [-0.05, 0) is 38.8 Å². The topological polar surface area (TPSA) is 89.9 Å². The molecule has 1 saturated heterocycles. The van der Waals surface area contributed by atoms with Crippen molar-refractivity contribution in [2.45, 2.75) is 38.8 Å². The summed E-state index contributed by atoms with van der Waals surface area (Å²) in [5.74, 6) is 1.23. The first-order valence-electron chi connectivity index (χ1n) is 9.82. The maximum atomic E-state index is 12.8. The van der Waals surface area contributed by atoms with Crippen molar-refractivity contribution in [2.75, 3.05) is 45.4 Å². The first kappa shape index (κ1) is 22.3. The number of hydrogen-bond donors (Lipinski definition) is 0. The zero-order valence-corrected chi connectivity index (χ0v) is 18.8. The van der Waals surface area contributed by atoms with E-state index < -0.39 is 5.60 Å². The van der Waals surface area contributed by atoms with Gasteiger partial charge in [0.05, 0.1) is 36.4 Å². The Morgan fingerprint density at radius 1 is 1.23 bits per heavy atom. The fourth-order valence-corrected chi connectivity index (χ4v) is 3.67. The third-order valence-electron chi connectivity index (χ3n) is 4.81. The maximum absolute atomic E-state index is 12.8. The highest BCUT2D eigenvalue weighted by atomic mass is 35.5. The third-order valence-corrected chi connectivity index (χ3v) is 4.98. The molecule has 2 aromatic rings. The number of carbonyl (C=O) groups excluding carboxylic acids is 1. The van der Waals surface area contributed by atoms with Gasteiger partial charge in [-0.25, -0.2) is 9.78 Å². The van der Waals surface area contributed by atoms with Gasteiger partial charge in [0, 0.05) is 33.4 Å². The van der Waals surface area contributed by atoms with E-state index in [9.17, 15) is 4.79 Å². The summed E-state index contributed by atoms with van der Waals surface area (Å²) >= 11 is 6.19. The summed E-state index contributed by atoms with van der Waals surface area (Å²) in [6.07, 6.45) is 3.61. The number of carbonyl (C=O) groups is 1. The van der Waals surface area contributed by atoms with Crippen molar-refractivity contribution >= 4 is 34.4 Å². The lowest BCUT2D eigenvalue weighted by Gasteiger charge is -2.42. The van der Waals surface area contributed by atoms with Crippen LogP contribution in [0.4, 0.5) is 10.6 Å². The minimum absolute atomic E-state index is 0.106. The van der Waals surface area contributed by atoms with E-state index in [1.807, 2.05) is 20.8 Å². The molecule has 1 aliphatic heterocycles. The predicted molar refractivity (Wildman–Crippen MR) is 114 cm³/mol. The van der Waals surface area contributed by atoms with Crippen LogP contribution in [0, 0.1) is 0 Å². The lowest BCUT2D eigenvalue weighted by atomic mass is 10.1. The van der Waals surface area contributed by atoms with Crippen molar-refractivity contribution in [2.24, 2.45) is 0 Å². The van der Waals surface area contributed by atoms with E-state index in [1.165, 1.54) is 0 Å². The fourth-order valence-electron chi connectivity index (χ4n) is 3.50. The number of methoxy groups -OCH3 is 2. The summed E-state index contributed by atoms with van der Waals surface area (Å²) in [7, 11) is 3.23. The highest BCUT2D eigenvalue weighted by Crippen LogP contribution is 2.34. The molecule has 1 amide bonds. The van der Waals surface area contributed by atoms with Crippen molar-refractivity contribution in [3.8, 4) is 5.75 Å². The molecule has 3 heterocycles. The van der Waals surface area contributed by atoms with Crippen LogP contribution in [0.15, 0.2) is 12.4 Å². The standard InChI is InChI=1S/C20H28ClN5O4/c1-20(2,3)30-19(27)26-8-7-25(12-13(26)6-9-28-4)17-16-14(23-18(21)24-17)10-22-11-15(16)29-5/h10-11,13H,6-9,12H2,1-5H3/t13-/m0/s1. The zero-order chi connectivity index (χ0) is 21.9. The summed E-state index contributed by atoms with van der Waals surface area (Å²) in [6, 6.07) is -0.106. The summed E-state index contributed by atoms with van der Waals surface area (Å²) in [5, 5.41) is 0.878. The van der Waals surface area contributed by atoms with E-state index in [1.54, 1.807) is 31.5 Å². The number of nitrogens with zero attached hydrogens (tertiary/aromatic N) is 5. The van der Waals surface area contributed by atoms with E-state index in [4.69, 9.17) is 25.8 Å². The molecule has 0 radical (unpaired) electrons. The molecule has 0 unspecified atom stereocenters. The Labute approximate surface area is 181 Å². The molecule has 164 valence electrons. The van der Waals surface area contributed by atoms with Crippen LogP contribution < -0.4 is 9.64 Å². The first-order chi connectivity index (χ1) is 14.2. The molecule has 2 aromatic heterocycles. The minimum Gasteiger partial charge on any atom is -0.494 e. The Hall–Kier alpha value is -2.39. The van der Waals surface area contributed by atoms with Crippen LogP contribution in [0.2, 0.25) is 5.28 Å². The molecule has 0 saturated carbocycles.